The first-order valence-electron chi connectivity index (χ1n) is 7.99. The largest absolute Gasteiger partial charge is 0.508 e. The van der Waals surface area contributed by atoms with Gasteiger partial charge in [0.05, 0.1) is 5.52 Å². The van der Waals surface area contributed by atoms with Crippen molar-refractivity contribution in [1.82, 2.24) is 4.98 Å². The minimum absolute atomic E-state index is 0.0949. The SMILES string of the molecule is Cc1ccc(C)c2c(N=NC(=O)CCc3ccc(O)cc3)c(O)[nH]c12. The van der Waals surface area contributed by atoms with Gasteiger partial charge in [-0.1, -0.05) is 24.3 Å². The molecule has 6 nitrogen and oxygen atoms in total. The summed E-state index contributed by atoms with van der Waals surface area (Å²) in [6, 6.07) is 10.6. The second kappa shape index (κ2) is 6.76. The lowest BCUT2D eigenvalue weighted by Crippen LogP contribution is -1.95. The summed E-state index contributed by atoms with van der Waals surface area (Å²) in [7, 11) is 0. The average Bonchev–Trinajstić information content (AvgIpc) is 2.93. The van der Waals surface area contributed by atoms with E-state index in [1.807, 2.05) is 26.0 Å². The number of nitrogens with zero attached hydrogens (tertiary/aromatic N) is 2. The molecule has 0 fully saturated rings. The van der Waals surface area contributed by atoms with E-state index in [-0.39, 0.29) is 29.6 Å². The minimum Gasteiger partial charge on any atom is -0.508 e. The summed E-state index contributed by atoms with van der Waals surface area (Å²) < 4.78 is 0. The summed E-state index contributed by atoms with van der Waals surface area (Å²) in [6.07, 6.45) is 0.714. The number of aryl methyl sites for hydroxylation is 3. The number of rotatable bonds is 4. The Balaban J connectivity index is 1.76. The van der Waals surface area contributed by atoms with E-state index in [4.69, 9.17) is 0 Å². The monoisotopic (exact) mass is 337 g/mol. The molecule has 0 saturated heterocycles. The lowest BCUT2D eigenvalue weighted by Gasteiger charge is -2.00. The maximum absolute atomic E-state index is 12.0. The fourth-order valence-electron chi connectivity index (χ4n) is 2.74. The summed E-state index contributed by atoms with van der Waals surface area (Å²) in [4.78, 5) is 14.9. The standard InChI is InChI=1S/C19H19N3O3/c1-11-3-4-12(2)17-16(11)18(19(25)20-17)22-21-15(24)10-7-13-5-8-14(23)9-6-13/h3-6,8-9,20,23,25H,7,10H2,1-2H3. The van der Waals surface area contributed by atoms with E-state index in [0.29, 0.717) is 6.42 Å². The number of nitrogens with one attached hydrogen (secondary N) is 1. The van der Waals surface area contributed by atoms with Crippen molar-refractivity contribution in [3.8, 4) is 11.6 Å². The third-order valence-electron chi connectivity index (χ3n) is 4.15. The highest BCUT2D eigenvalue weighted by Gasteiger charge is 2.14. The quantitative estimate of drug-likeness (QED) is 0.614. The smallest absolute Gasteiger partial charge is 0.265 e. The number of benzene rings is 2. The van der Waals surface area contributed by atoms with Crippen LogP contribution in [0.25, 0.3) is 10.9 Å². The molecule has 0 saturated carbocycles. The van der Waals surface area contributed by atoms with Crippen LogP contribution in [0.2, 0.25) is 0 Å². The van der Waals surface area contributed by atoms with Gasteiger partial charge in [0.2, 0.25) is 5.88 Å². The maximum Gasteiger partial charge on any atom is 0.265 e. The Morgan fingerprint density at radius 3 is 2.44 bits per heavy atom. The molecule has 1 heterocycles. The number of azo groups is 1. The van der Waals surface area contributed by atoms with Gasteiger partial charge in [-0.2, -0.15) is 0 Å². The normalized spacial score (nSPS) is 11.4. The van der Waals surface area contributed by atoms with E-state index >= 15 is 0 Å². The van der Waals surface area contributed by atoms with Crippen LogP contribution in [0.15, 0.2) is 46.6 Å². The number of fused-ring (bicyclic) bond motifs is 1. The molecule has 1 aromatic heterocycles. The van der Waals surface area contributed by atoms with Crippen molar-refractivity contribution in [1.29, 1.82) is 0 Å². The van der Waals surface area contributed by atoms with E-state index in [1.165, 1.54) is 0 Å². The van der Waals surface area contributed by atoms with E-state index in [9.17, 15) is 15.0 Å². The molecule has 1 amide bonds. The van der Waals surface area contributed by atoms with Gasteiger partial charge in [-0.05, 0) is 49.1 Å². The van der Waals surface area contributed by atoms with Crippen LogP contribution in [-0.2, 0) is 11.2 Å². The van der Waals surface area contributed by atoms with Gasteiger partial charge in [-0.15, -0.1) is 10.2 Å². The van der Waals surface area contributed by atoms with Gasteiger partial charge < -0.3 is 15.2 Å². The Hall–Kier alpha value is -3.15. The number of carbonyl (C=O) groups is 1. The number of amides is 1. The van der Waals surface area contributed by atoms with Crippen molar-refractivity contribution in [3.63, 3.8) is 0 Å². The summed E-state index contributed by atoms with van der Waals surface area (Å²) in [5.74, 6) is -0.273. The van der Waals surface area contributed by atoms with Crippen molar-refractivity contribution >= 4 is 22.5 Å². The van der Waals surface area contributed by atoms with Crippen molar-refractivity contribution < 1.29 is 15.0 Å². The summed E-state index contributed by atoms with van der Waals surface area (Å²) in [5, 5.41) is 27.8. The summed E-state index contributed by atoms with van der Waals surface area (Å²) in [6.45, 7) is 3.85. The number of carbonyl (C=O) groups excluding carboxylic acids is 1. The molecule has 128 valence electrons. The zero-order chi connectivity index (χ0) is 18.0. The lowest BCUT2D eigenvalue weighted by molar-refractivity contribution is -0.118. The molecule has 25 heavy (non-hydrogen) atoms. The lowest BCUT2D eigenvalue weighted by atomic mass is 10.1. The van der Waals surface area contributed by atoms with Crippen LogP contribution in [0.3, 0.4) is 0 Å². The van der Waals surface area contributed by atoms with E-state index in [0.717, 1.165) is 27.6 Å². The van der Waals surface area contributed by atoms with Gasteiger partial charge in [0.25, 0.3) is 5.91 Å². The molecule has 0 aliphatic heterocycles. The molecule has 0 atom stereocenters. The summed E-state index contributed by atoms with van der Waals surface area (Å²) in [5.41, 5.74) is 3.94. The van der Waals surface area contributed by atoms with Gasteiger partial charge in [0.15, 0.2) is 5.69 Å². The number of aromatic hydroxyl groups is 2. The molecule has 3 N–H and O–H groups in total. The van der Waals surface area contributed by atoms with Crippen LogP contribution in [0.4, 0.5) is 5.69 Å². The molecule has 0 unspecified atom stereocenters. The van der Waals surface area contributed by atoms with Crippen LogP contribution >= 0.6 is 0 Å². The van der Waals surface area contributed by atoms with Crippen molar-refractivity contribution in [2.75, 3.05) is 0 Å². The molecule has 0 radical (unpaired) electrons. The Bertz CT molecular complexity index is 956. The second-order valence-corrected chi connectivity index (χ2v) is 6.03. The van der Waals surface area contributed by atoms with E-state index < -0.39 is 0 Å². The first-order chi connectivity index (χ1) is 12.0. The second-order valence-electron chi connectivity index (χ2n) is 6.03. The van der Waals surface area contributed by atoms with Crippen molar-refractivity contribution in [3.05, 3.63) is 53.1 Å². The number of hydrogen-bond acceptors (Lipinski definition) is 4. The zero-order valence-corrected chi connectivity index (χ0v) is 14.1. The van der Waals surface area contributed by atoms with E-state index in [2.05, 4.69) is 15.2 Å². The number of hydrogen-bond donors (Lipinski definition) is 3. The highest BCUT2D eigenvalue weighted by atomic mass is 16.3. The van der Waals surface area contributed by atoms with Crippen molar-refractivity contribution in [2.45, 2.75) is 26.7 Å². The van der Waals surface area contributed by atoms with Gasteiger partial charge in [-0.25, -0.2) is 0 Å². The average molecular weight is 337 g/mol. The van der Waals surface area contributed by atoms with Crippen LogP contribution in [0, 0.1) is 13.8 Å². The fourth-order valence-corrected chi connectivity index (χ4v) is 2.74. The van der Waals surface area contributed by atoms with Gasteiger partial charge in [-0.3, -0.25) is 4.79 Å². The molecule has 2 aromatic carbocycles. The fraction of sp³-hybridized carbons (Fsp3) is 0.211. The third kappa shape index (κ3) is 3.52. The number of phenols is 1. The Morgan fingerprint density at radius 2 is 1.72 bits per heavy atom. The molecule has 3 rings (SSSR count). The molecule has 0 aliphatic carbocycles. The topological polar surface area (TPSA) is 98.0 Å². The van der Waals surface area contributed by atoms with Crippen molar-refractivity contribution in [2.24, 2.45) is 10.2 Å². The molecule has 0 bridgehead atoms. The maximum atomic E-state index is 12.0. The highest BCUT2D eigenvalue weighted by molar-refractivity contribution is 5.98. The van der Waals surface area contributed by atoms with Gasteiger partial charge in [0.1, 0.15) is 5.75 Å². The molecule has 0 spiro atoms. The van der Waals surface area contributed by atoms with Gasteiger partial charge >= 0.3 is 0 Å². The third-order valence-corrected chi connectivity index (χ3v) is 4.15. The molecular formula is C19H19N3O3. The molecule has 3 aromatic rings. The van der Waals surface area contributed by atoms with Gasteiger partial charge in [0, 0.05) is 11.8 Å². The number of phenolic OH excluding ortho intramolecular Hbond substituents is 1. The predicted octanol–water partition coefficient (Wildman–Crippen LogP) is 4.44. The number of aromatic amines is 1. The Kier molecular flexibility index (Phi) is 4.52. The number of H-pyrrole nitrogens is 1. The Morgan fingerprint density at radius 1 is 1.04 bits per heavy atom. The first-order valence-corrected chi connectivity index (χ1v) is 7.99. The van der Waals surface area contributed by atoms with E-state index in [1.54, 1.807) is 24.3 Å². The van der Waals surface area contributed by atoms with Crippen LogP contribution in [0.1, 0.15) is 23.1 Å². The molecule has 6 heteroatoms. The Labute approximate surface area is 144 Å². The number of aromatic nitrogens is 1. The van der Waals surface area contributed by atoms with Crippen LogP contribution in [0.5, 0.6) is 11.6 Å². The highest BCUT2D eigenvalue weighted by Crippen LogP contribution is 2.38. The first kappa shape index (κ1) is 16.7. The molecule has 0 aliphatic rings. The zero-order valence-electron chi connectivity index (χ0n) is 14.1. The predicted molar refractivity (Wildman–Crippen MR) is 95.4 cm³/mol. The van der Waals surface area contributed by atoms with Crippen LogP contribution in [-0.4, -0.2) is 21.1 Å². The minimum atomic E-state index is -0.368. The summed E-state index contributed by atoms with van der Waals surface area (Å²) >= 11 is 0. The molecular weight excluding hydrogens is 318 g/mol. The van der Waals surface area contributed by atoms with Crippen LogP contribution < -0.4 is 0 Å².